The zero-order chi connectivity index (χ0) is 17.8. The van der Waals surface area contributed by atoms with E-state index in [1.54, 1.807) is 37.6 Å². The Bertz CT molecular complexity index is 913. The first-order valence-corrected chi connectivity index (χ1v) is 7.77. The van der Waals surface area contributed by atoms with Crippen LogP contribution in [0, 0.1) is 6.92 Å². The number of rotatable bonds is 4. The lowest BCUT2D eigenvalue weighted by atomic mass is 10.1. The summed E-state index contributed by atoms with van der Waals surface area (Å²) >= 11 is 0. The minimum absolute atomic E-state index is 0.110. The number of amides is 2. The van der Waals surface area contributed by atoms with Crippen LogP contribution in [0.15, 0.2) is 53.1 Å². The van der Waals surface area contributed by atoms with Gasteiger partial charge in [-0.3, -0.25) is 20.4 Å². The molecule has 1 aromatic heterocycles. The summed E-state index contributed by atoms with van der Waals surface area (Å²) in [5.74, 6) is -0.0727. The van der Waals surface area contributed by atoms with E-state index in [0.717, 1.165) is 22.1 Å². The summed E-state index contributed by atoms with van der Waals surface area (Å²) in [4.78, 5) is 24.1. The molecule has 25 heavy (non-hydrogen) atoms. The van der Waals surface area contributed by atoms with Crippen molar-refractivity contribution in [1.29, 1.82) is 0 Å². The third kappa shape index (κ3) is 3.80. The number of methoxy groups -OCH3 is 1. The molecular weight excluding hydrogens is 320 g/mol. The van der Waals surface area contributed by atoms with Crippen molar-refractivity contribution in [3.63, 3.8) is 0 Å². The average Bonchev–Trinajstić information content (AvgIpc) is 3.01. The van der Waals surface area contributed by atoms with Gasteiger partial charge in [-0.05, 0) is 42.8 Å². The van der Waals surface area contributed by atoms with Gasteiger partial charge in [-0.1, -0.05) is 12.1 Å². The largest absolute Gasteiger partial charge is 0.497 e. The minimum atomic E-state index is -0.399. The van der Waals surface area contributed by atoms with Crippen molar-refractivity contribution in [1.82, 2.24) is 10.9 Å². The molecule has 0 bridgehead atoms. The zero-order valence-corrected chi connectivity index (χ0v) is 14.0. The van der Waals surface area contributed by atoms with Gasteiger partial charge in [-0.2, -0.15) is 0 Å². The molecule has 0 saturated carbocycles. The summed E-state index contributed by atoms with van der Waals surface area (Å²) < 4.78 is 10.5. The Morgan fingerprint density at radius 1 is 1.08 bits per heavy atom. The Morgan fingerprint density at radius 2 is 1.84 bits per heavy atom. The van der Waals surface area contributed by atoms with E-state index in [1.165, 1.54) is 0 Å². The van der Waals surface area contributed by atoms with Crippen LogP contribution in [-0.2, 0) is 11.2 Å². The number of nitrogens with one attached hydrogen (secondary N) is 2. The molecular formula is C19H18N2O4. The van der Waals surface area contributed by atoms with Crippen molar-refractivity contribution in [2.75, 3.05) is 7.11 Å². The first-order chi connectivity index (χ1) is 12.1. The van der Waals surface area contributed by atoms with Gasteiger partial charge in [0.1, 0.15) is 11.3 Å². The molecule has 0 aliphatic rings. The van der Waals surface area contributed by atoms with Crippen molar-refractivity contribution in [3.8, 4) is 5.75 Å². The molecule has 0 atom stereocenters. The molecule has 0 spiro atoms. The lowest BCUT2D eigenvalue weighted by Crippen LogP contribution is -2.42. The molecule has 6 nitrogen and oxygen atoms in total. The maximum Gasteiger partial charge on any atom is 0.269 e. The molecule has 0 unspecified atom stereocenters. The number of hydrogen-bond acceptors (Lipinski definition) is 4. The number of carbonyl (C=O) groups is 2. The van der Waals surface area contributed by atoms with Crippen LogP contribution in [0.5, 0.6) is 5.75 Å². The summed E-state index contributed by atoms with van der Waals surface area (Å²) in [6.45, 7) is 1.98. The molecule has 1 heterocycles. The number of hydrazine groups is 1. The SMILES string of the molecule is COc1ccc(C(=O)NNC(=O)Cc2coc3cc(C)ccc23)cc1. The summed E-state index contributed by atoms with van der Waals surface area (Å²) in [5, 5.41) is 0.891. The normalized spacial score (nSPS) is 10.5. The quantitative estimate of drug-likeness (QED) is 0.717. The molecule has 0 aliphatic carbocycles. The van der Waals surface area contributed by atoms with Crippen LogP contribution < -0.4 is 15.6 Å². The molecule has 6 heteroatoms. The number of hydrogen-bond donors (Lipinski definition) is 2. The molecule has 2 N–H and O–H groups in total. The Morgan fingerprint density at radius 3 is 2.56 bits per heavy atom. The molecule has 128 valence electrons. The van der Waals surface area contributed by atoms with Crippen molar-refractivity contribution in [2.24, 2.45) is 0 Å². The second-order valence-electron chi connectivity index (χ2n) is 5.67. The standard InChI is InChI=1S/C19H18N2O4/c1-12-3-8-16-14(11-25-17(16)9-12)10-18(22)20-21-19(23)13-4-6-15(24-2)7-5-13/h3-9,11H,10H2,1-2H3,(H,20,22)(H,21,23). The van der Waals surface area contributed by atoms with Crippen molar-refractivity contribution >= 4 is 22.8 Å². The number of ether oxygens (including phenoxy) is 1. The molecule has 3 aromatic rings. The van der Waals surface area contributed by atoms with E-state index in [0.29, 0.717) is 11.3 Å². The fourth-order valence-corrected chi connectivity index (χ4v) is 2.49. The predicted octanol–water partition coefficient (Wildman–Crippen LogP) is 2.75. The molecule has 2 amide bonds. The van der Waals surface area contributed by atoms with Crippen LogP contribution >= 0.6 is 0 Å². The van der Waals surface area contributed by atoms with Gasteiger partial charge in [0.2, 0.25) is 5.91 Å². The predicted molar refractivity (Wildman–Crippen MR) is 93.3 cm³/mol. The molecule has 0 fully saturated rings. The molecule has 2 aromatic carbocycles. The van der Waals surface area contributed by atoms with E-state index in [1.807, 2.05) is 25.1 Å². The highest BCUT2D eigenvalue weighted by molar-refractivity contribution is 5.96. The Kier molecular flexibility index (Phi) is 4.70. The van der Waals surface area contributed by atoms with Gasteiger partial charge in [0.05, 0.1) is 19.8 Å². The topological polar surface area (TPSA) is 80.6 Å². The Labute approximate surface area is 144 Å². The van der Waals surface area contributed by atoms with Gasteiger partial charge in [0, 0.05) is 16.5 Å². The van der Waals surface area contributed by atoms with Crippen molar-refractivity contribution in [3.05, 3.63) is 65.4 Å². The van der Waals surface area contributed by atoms with Crippen LogP contribution in [0.1, 0.15) is 21.5 Å². The first kappa shape index (κ1) is 16.6. The maximum absolute atomic E-state index is 12.1. The van der Waals surface area contributed by atoms with Crippen LogP contribution in [0.4, 0.5) is 0 Å². The van der Waals surface area contributed by atoms with E-state index in [2.05, 4.69) is 10.9 Å². The summed E-state index contributed by atoms with van der Waals surface area (Å²) in [6, 6.07) is 12.4. The highest BCUT2D eigenvalue weighted by Gasteiger charge is 2.12. The van der Waals surface area contributed by atoms with Gasteiger partial charge in [0.25, 0.3) is 5.91 Å². The van der Waals surface area contributed by atoms with Gasteiger partial charge >= 0.3 is 0 Å². The van der Waals surface area contributed by atoms with Gasteiger partial charge in [-0.25, -0.2) is 0 Å². The highest BCUT2D eigenvalue weighted by atomic mass is 16.5. The lowest BCUT2D eigenvalue weighted by molar-refractivity contribution is -0.121. The van der Waals surface area contributed by atoms with E-state index in [4.69, 9.17) is 9.15 Å². The van der Waals surface area contributed by atoms with E-state index >= 15 is 0 Å². The van der Waals surface area contributed by atoms with Crippen molar-refractivity contribution in [2.45, 2.75) is 13.3 Å². The van der Waals surface area contributed by atoms with Crippen LogP contribution in [0.3, 0.4) is 0 Å². The molecule has 3 rings (SSSR count). The second-order valence-corrected chi connectivity index (χ2v) is 5.67. The number of benzene rings is 2. The monoisotopic (exact) mass is 338 g/mol. The smallest absolute Gasteiger partial charge is 0.269 e. The van der Waals surface area contributed by atoms with Gasteiger partial charge in [0.15, 0.2) is 0 Å². The van der Waals surface area contributed by atoms with Crippen LogP contribution in [-0.4, -0.2) is 18.9 Å². The maximum atomic E-state index is 12.1. The first-order valence-electron chi connectivity index (χ1n) is 7.77. The summed E-state index contributed by atoms with van der Waals surface area (Å²) in [7, 11) is 1.55. The Hall–Kier alpha value is -3.28. The van der Waals surface area contributed by atoms with E-state index in [9.17, 15) is 9.59 Å². The molecule has 0 saturated heterocycles. The number of furan rings is 1. The van der Waals surface area contributed by atoms with Crippen molar-refractivity contribution < 1.29 is 18.7 Å². The van der Waals surface area contributed by atoms with E-state index in [-0.39, 0.29) is 12.3 Å². The third-order valence-electron chi connectivity index (χ3n) is 3.83. The molecule has 0 radical (unpaired) electrons. The van der Waals surface area contributed by atoms with Crippen LogP contribution in [0.2, 0.25) is 0 Å². The molecule has 0 aliphatic heterocycles. The fourth-order valence-electron chi connectivity index (χ4n) is 2.49. The van der Waals surface area contributed by atoms with Gasteiger partial charge in [-0.15, -0.1) is 0 Å². The second kappa shape index (κ2) is 7.09. The van der Waals surface area contributed by atoms with E-state index < -0.39 is 5.91 Å². The van der Waals surface area contributed by atoms with Gasteiger partial charge < -0.3 is 9.15 Å². The number of fused-ring (bicyclic) bond motifs is 1. The van der Waals surface area contributed by atoms with Crippen LogP contribution in [0.25, 0.3) is 11.0 Å². The lowest BCUT2D eigenvalue weighted by Gasteiger charge is -2.07. The summed E-state index contributed by atoms with van der Waals surface area (Å²) in [5.41, 5.74) is 7.83. The summed E-state index contributed by atoms with van der Waals surface area (Å²) in [6.07, 6.45) is 1.67. The average molecular weight is 338 g/mol. The number of carbonyl (C=O) groups excluding carboxylic acids is 2. The minimum Gasteiger partial charge on any atom is -0.497 e. The Balaban J connectivity index is 1.59. The number of aryl methyl sites for hydroxylation is 1. The zero-order valence-electron chi connectivity index (χ0n) is 14.0. The highest BCUT2D eigenvalue weighted by Crippen LogP contribution is 2.22. The fraction of sp³-hybridized carbons (Fsp3) is 0.158. The third-order valence-corrected chi connectivity index (χ3v) is 3.83.